The van der Waals surface area contributed by atoms with Crippen LogP contribution < -0.4 is 10.6 Å². The van der Waals surface area contributed by atoms with Crippen LogP contribution in [-0.2, 0) is 14.8 Å². The summed E-state index contributed by atoms with van der Waals surface area (Å²) in [5, 5.41) is 5.41. The van der Waals surface area contributed by atoms with E-state index in [4.69, 9.17) is 11.6 Å². The van der Waals surface area contributed by atoms with Crippen LogP contribution in [-0.4, -0.2) is 38.3 Å². The van der Waals surface area contributed by atoms with Gasteiger partial charge in [-0.1, -0.05) is 31.5 Å². The van der Waals surface area contributed by atoms with Crippen molar-refractivity contribution in [2.75, 3.05) is 30.3 Å². The fraction of sp³-hybridized carbons (Fsp3) is 0.316. The number of benzene rings is 2. The Hall–Kier alpha value is -2.16. The lowest BCUT2D eigenvalue weighted by molar-refractivity contribution is -0.114. The predicted octanol–water partition coefficient (Wildman–Crippen LogP) is 3.87. The minimum atomic E-state index is -3.61. The predicted molar refractivity (Wildman–Crippen MR) is 110 cm³/mol. The first-order chi connectivity index (χ1) is 13.2. The SMILES string of the molecule is CCN(CC)S(=O)(=O)c1cc(NCC(=O)Nc2ccc(F)c(Cl)c2)ccc1C. The lowest BCUT2D eigenvalue weighted by Gasteiger charge is -2.20. The summed E-state index contributed by atoms with van der Waals surface area (Å²) >= 11 is 5.69. The molecule has 0 unspecified atom stereocenters. The summed E-state index contributed by atoms with van der Waals surface area (Å²) < 4.78 is 40.1. The summed E-state index contributed by atoms with van der Waals surface area (Å²) in [6.07, 6.45) is 0. The molecule has 0 fully saturated rings. The zero-order valence-corrected chi connectivity index (χ0v) is 17.5. The largest absolute Gasteiger partial charge is 0.376 e. The zero-order chi connectivity index (χ0) is 20.9. The Balaban J connectivity index is 2.10. The number of sulfonamides is 1. The van der Waals surface area contributed by atoms with Gasteiger partial charge in [0.05, 0.1) is 16.5 Å². The summed E-state index contributed by atoms with van der Waals surface area (Å²) in [5.74, 6) is -0.948. The molecule has 9 heteroatoms. The second kappa shape index (κ2) is 9.36. The van der Waals surface area contributed by atoms with Gasteiger partial charge in [-0.25, -0.2) is 12.8 Å². The second-order valence-corrected chi connectivity index (χ2v) is 8.41. The molecule has 0 aliphatic carbocycles. The molecule has 0 aliphatic heterocycles. The Morgan fingerprint density at radius 1 is 1.11 bits per heavy atom. The maximum absolute atomic E-state index is 13.2. The van der Waals surface area contributed by atoms with Crippen LogP contribution in [0, 0.1) is 12.7 Å². The number of nitrogens with zero attached hydrogens (tertiary/aromatic N) is 1. The fourth-order valence-electron chi connectivity index (χ4n) is 2.65. The molecule has 2 aromatic rings. The van der Waals surface area contributed by atoms with Crippen molar-refractivity contribution in [3.63, 3.8) is 0 Å². The van der Waals surface area contributed by atoms with E-state index < -0.39 is 15.8 Å². The summed E-state index contributed by atoms with van der Waals surface area (Å²) in [4.78, 5) is 12.3. The van der Waals surface area contributed by atoms with E-state index in [0.717, 1.165) is 6.07 Å². The average molecular weight is 428 g/mol. The van der Waals surface area contributed by atoms with E-state index in [9.17, 15) is 17.6 Å². The molecule has 28 heavy (non-hydrogen) atoms. The van der Waals surface area contributed by atoms with Gasteiger partial charge in [0.2, 0.25) is 15.9 Å². The summed E-state index contributed by atoms with van der Waals surface area (Å²) in [6, 6.07) is 8.80. The lowest BCUT2D eigenvalue weighted by Crippen LogP contribution is -2.31. The Labute approximate surface area is 169 Å². The molecule has 0 saturated carbocycles. The molecule has 0 aromatic heterocycles. The maximum Gasteiger partial charge on any atom is 0.243 e. The average Bonchev–Trinajstić information content (AvgIpc) is 2.64. The van der Waals surface area contributed by atoms with Gasteiger partial charge >= 0.3 is 0 Å². The molecule has 1 amide bonds. The molecular formula is C19H23ClFN3O3S. The highest BCUT2D eigenvalue weighted by molar-refractivity contribution is 7.89. The molecule has 0 atom stereocenters. The van der Waals surface area contributed by atoms with E-state index in [1.165, 1.54) is 22.5 Å². The van der Waals surface area contributed by atoms with E-state index in [2.05, 4.69) is 10.6 Å². The molecule has 0 bridgehead atoms. The van der Waals surface area contributed by atoms with E-state index in [-0.39, 0.29) is 22.4 Å². The van der Waals surface area contributed by atoms with Crippen molar-refractivity contribution in [2.45, 2.75) is 25.7 Å². The van der Waals surface area contributed by atoms with E-state index in [1.54, 1.807) is 32.9 Å². The monoisotopic (exact) mass is 427 g/mol. The first-order valence-corrected chi connectivity index (χ1v) is 10.6. The number of rotatable bonds is 8. The number of hydrogen-bond acceptors (Lipinski definition) is 4. The number of amides is 1. The number of anilines is 2. The number of carbonyl (C=O) groups is 1. The molecule has 0 radical (unpaired) electrons. The van der Waals surface area contributed by atoms with Crippen LogP contribution in [0.1, 0.15) is 19.4 Å². The van der Waals surface area contributed by atoms with Crippen LogP contribution in [0.25, 0.3) is 0 Å². The van der Waals surface area contributed by atoms with Gasteiger partial charge in [0, 0.05) is 24.5 Å². The van der Waals surface area contributed by atoms with Gasteiger partial charge in [0.25, 0.3) is 0 Å². The highest BCUT2D eigenvalue weighted by Gasteiger charge is 2.23. The van der Waals surface area contributed by atoms with Gasteiger partial charge in [-0.05, 0) is 42.8 Å². The zero-order valence-electron chi connectivity index (χ0n) is 15.9. The van der Waals surface area contributed by atoms with Crippen molar-refractivity contribution in [1.82, 2.24) is 4.31 Å². The van der Waals surface area contributed by atoms with Crippen LogP contribution in [0.15, 0.2) is 41.3 Å². The van der Waals surface area contributed by atoms with Gasteiger partial charge in [0.1, 0.15) is 5.82 Å². The van der Waals surface area contributed by atoms with E-state index >= 15 is 0 Å². The minimum absolute atomic E-state index is 0.0875. The number of carbonyl (C=O) groups excluding carboxylic acids is 1. The Bertz CT molecular complexity index is 963. The molecular weight excluding hydrogens is 405 g/mol. The quantitative estimate of drug-likeness (QED) is 0.670. The highest BCUT2D eigenvalue weighted by Crippen LogP contribution is 2.24. The highest BCUT2D eigenvalue weighted by atomic mass is 35.5. The molecule has 0 aliphatic rings. The summed E-state index contributed by atoms with van der Waals surface area (Å²) in [6.45, 7) is 5.94. The summed E-state index contributed by atoms with van der Waals surface area (Å²) in [7, 11) is -3.61. The van der Waals surface area contributed by atoms with Crippen LogP contribution in [0.5, 0.6) is 0 Å². The van der Waals surface area contributed by atoms with Gasteiger partial charge in [0.15, 0.2) is 0 Å². The number of nitrogens with one attached hydrogen (secondary N) is 2. The normalized spacial score (nSPS) is 11.5. The first-order valence-electron chi connectivity index (χ1n) is 8.78. The first kappa shape index (κ1) is 22.1. The van der Waals surface area contributed by atoms with Crippen molar-refractivity contribution in [2.24, 2.45) is 0 Å². The number of halogens is 2. The Kier molecular flexibility index (Phi) is 7.40. The molecule has 2 aromatic carbocycles. The second-order valence-electron chi connectivity index (χ2n) is 6.10. The Morgan fingerprint density at radius 3 is 2.36 bits per heavy atom. The maximum atomic E-state index is 13.2. The van der Waals surface area contributed by atoms with Crippen molar-refractivity contribution >= 4 is 38.9 Å². The lowest BCUT2D eigenvalue weighted by atomic mass is 10.2. The summed E-state index contributed by atoms with van der Waals surface area (Å²) in [5.41, 5.74) is 1.50. The smallest absolute Gasteiger partial charge is 0.243 e. The van der Waals surface area contributed by atoms with Crippen LogP contribution >= 0.6 is 11.6 Å². The molecule has 0 heterocycles. The minimum Gasteiger partial charge on any atom is -0.376 e. The number of hydrogen-bond donors (Lipinski definition) is 2. The fourth-order valence-corrected chi connectivity index (χ4v) is 4.54. The molecule has 2 N–H and O–H groups in total. The molecule has 2 rings (SSSR count). The standard InChI is InChI=1S/C19H23ClFN3O3S/c1-4-24(5-2)28(26,27)18-11-14(7-6-13(18)3)22-12-19(25)23-15-8-9-17(21)16(20)10-15/h6-11,22H,4-5,12H2,1-3H3,(H,23,25). The third-order valence-corrected chi connectivity index (χ3v) is 6.65. The van der Waals surface area contributed by atoms with E-state index in [0.29, 0.717) is 30.0 Å². The molecule has 6 nitrogen and oxygen atoms in total. The van der Waals surface area contributed by atoms with Crippen LogP contribution in [0.4, 0.5) is 15.8 Å². The van der Waals surface area contributed by atoms with Gasteiger partial charge in [-0.15, -0.1) is 0 Å². The third-order valence-electron chi connectivity index (χ3n) is 4.17. The molecule has 152 valence electrons. The van der Waals surface area contributed by atoms with Gasteiger partial charge in [-0.2, -0.15) is 4.31 Å². The van der Waals surface area contributed by atoms with Crippen LogP contribution in [0.3, 0.4) is 0 Å². The van der Waals surface area contributed by atoms with Crippen LogP contribution in [0.2, 0.25) is 5.02 Å². The van der Waals surface area contributed by atoms with Gasteiger partial charge < -0.3 is 10.6 Å². The molecule has 0 spiro atoms. The topological polar surface area (TPSA) is 78.5 Å². The van der Waals surface area contributed by atoms with Gasteiger partial charge in [-0.3, -0.25) is 4.79 Å². The third kappa shape index (κ3) is 5.21. The van der Waals surface area contributed by atoms with Crippen molar-refractivity contribution in [3.05, 3.63) is 52.8 Å². The van der Waals surface area contributed by atoms with Crippen molar-refractivity contribution in [1.29, 1.82) is 0 Å². The van der Waals surface area contributed by atoms with E-state index in [1.807, 2.05) is 0 Å². The Morgan fingerprint density at radius 2 is 1.75 bits per heavy atom. The number of aryl methyl sites for hydroxylation is 1. The molecule has 0 saturated heterocycles. The van der Waals surface area contributed by atoms with Crippen molar-refractivity contribution in [3.8, 4) is 0 Å². The van der Waals surface area contributed by atoms with Crippen molar-refractivity contribution < 1.29 is 17.6 Å².